The van der Waals surface area contributed by atoms with E-state index in [9.17, 15) is 13.2 Å². The van der Waals surface area contributed by atoms with Crippen molar-refractivity contribution in [2.45, 2.75) is 4.90 Å². The minimum Gasteiger partial charge on any atom is -0.289 e. The Kier molecular flexibility index (Phi) is 6.85. The van der Waals surface area contributed by atoms with Gasteiger partial charge in [0.1, 0.15) is 10.0 Å². The third-order valence-electron chi connectivity index (χ3n) is 5.12. The third-order valence-corrected chi connectivity index (χ3v) is 8.31. The fourth-order valence-electron chi connectivity index (χ4n) is 3.37. The van der Waals surface area contributed by atoms with Gasteiger partial charge < -0.3 is 0 Å². The summed E-state index contributed by atoms with van der Waals surface area (Å²) >= 11 is 6.57. The van der Waals surface area contributed by atoms with E-state index in [4.69, 9.17) is 17.3 Å². The lowest BCUT2D eigenvalue weighted by atomic mass is 10.1. The van der Waals surface area contributed by atoms with Crippen LogP contribution in [0, 0.1) is 0 Å². The standard InChI is InChI=1S/C24H22N4O3S3/c1-4-13-27-23(29)21(33-24(27)32)15-18-16-28(19-10-6-5-7-11-19)25-22(18)17-9-8-12-20(14-17)34(30,31)26(2)3/h4-12,14-16H,1,13H2,2-3H3. The molecule has 7 nitrogen and oxygen atoms in total. The van der Waals surface area contributed by atoms with Crippen molar-refractivity contribution in [2.75, 3.05) is 20.6 Å². The Balaban J connectivity index is 1.85. The van der Waals surface area contributed by atoms with Gasteiger partial charge in [0.05, 0.1) is 15.5 Å². The molecule has 2 heterocycles. The van der Waals surface area contributed by atoms with Crippen molar-refractivity contribution in [1.29, 1.82) is 0 Å². The first-order valence-corrected chi connectivity index (χ1v) is 12.9. The Morgan fingerprint density at radius 2 is 1.88 bits per heavy atom. The van der Waals surface area contributed by atoms with Crippen LogP contribution < -0.4 is 0 Å². The van der Waals surface area contributed by atoms with Gasteiger partial charge in [0.15, 0.2) is 0 Å². The number of hydrogen-bond donors (Lipinski definition) is 0. The number of benzene rings is 2. The normalized spacial score (nSPS) is 15.5. The van der Waals surface area contributed by atoms with Crippen molar-refractivity contribution in [3.8, 4) is 16.9 Å². The van der Waals surface area contributed by atoms with Crippen molar-refractivity contribution in [3.05, 3.63) is 83.9 Å². The molecule has 10 heteroatoms. The van der Waals surface area contributed by atoms with Crippen LogP contribution in [0.25, 0.3) is 23.0 Å². The van der Waals surface area contributed by atoms with Crippen LogP contribution >= 0.6 is 24.0 Å². The molecule has 3 aromatic rings. The highest BCUT2D eigenvalue weighted by atomic mass is 32.2. The lowest BCUT2D eigenvalue weighted by Gasteiger charge is -2.12. The average Bonchev–Trinajstić information content (AvgIpc) is 3.36. The molecule has 1 aromatic heterocycles. The van der Waals surface area contributed by atoms with Gasteiger partial charge in [-0.15, -0.1) is 6.58 Å². The second kappa shape index (κ2) is 9.67. The van der Waals surface area contributed by atoms with Crippen LogP contribution in [-0.4, -0.2) is 58.3 Å². The zero-order chi connectivity index (χ0) is 24.5. The highest BCUT2D eigenvalue weighted by molar-refractivity contribution is 8.26. The largest absolute Gasteiger partial charge is 0.289 e. The van der Waals surface area contributed by atoms with Crippen LogP contribution in [0.15, 0.2) is 83.2 Å². The van der Waals surface area contributed by atoms with Gasteiger partial charge in [0.25, 0.3) is 5.91 Å². The molecule has 1 saturated heterocycles. The Labute approximate surface area is 208 Å². The SMILES string of the molecule is C=CCN1C(=O)C(=Cc2cn(-c3ccccc3)nc2-c2cccc(S(=O)(=O)N(C)C)c2)SC1=S. The number of thioether (sulfide) groups is 1. The van der Waals surface area contributed by atoms with Gasteiger partial charge in [0.2, 0.25) is 10.0 Å². The van der Waals surface area contributed by atoms with Gasteiger partial charge >= 0.3 is 0 Å². The fraction of sp³-hybridized carbons (Fsp3) is 0.125. The van der Waals surface area contributed by atoms with Crippen LogP contribution in [-0.2, 0) is 14.8 Å². The molecule has 34 heavy (non-hydrogen) atoms. The lowest BCUT2D eigenvalue weighted by Crippen LogP contribution is -2.27. The Morgan fingerprint density at radius 3 is 2.56 bits per heavy atom. The number of rotatable bonds is 7. The molecular weight excluding hydrogens is 488 g/mol. The van der Waals surface area contributed by atoms with Crippen LogP contribution in [0.1, 0.15) is 5.56 Å². The summed E-state index contributed by atoms with van der Waals surface area (Å²) in [6, 6.07) is 16.2. The molecular formula is C24H22N4O3S3. The number of carbonyl (C=O) groups excluding carboxylic acids is 1. The summed E-state index contributed by atoms with van der Waals surface area (Å²) in [5.74, 6) is -0.197. The van der Waals surface area contributed by atoms with Crippen LogP contribution in [0.2, 0.25) is 0 Å². The van der Waals surface area contributed by atoms with Gasteiger partial charge in [-0.25, -0.2) is 17.4 Å². The summed E-state index contributed by atoms with van der Waals surface area (Å²) in [5, 5.41) is 4.74. The summed E-state index contributed by atoms with van der Waals surface area (Å²) in [6.07, 6.45) is 5.19. The first-order valence-electron chi connectivity index (χ1n) is 10.3. The zero-order valence-electron chi connectivity index (χ0n) is 18.6. The number of nitrogens with zero attached hydrogens (tertiary/aromatic N) is 4. The molecule has 1 fully saturated rings. The number of amides is 1. The van der Waals surface area contributed by atoms with Crippen molar-refractivity contribution in [2.24, 2.45) is 0 Å². The van der Waals surface area contributed by atoms with Crippen LogP contribution in [0.4, 0.5) is 0 Å². The van der Waals surface area contributed by atoms with E-state index in [2.05, 4.69) is 6.58 Å². The predicted molar refractivity (Wildman–Crippen MR) is 140 cm³/mol. The highest BCUT2D eigenvalue weighted by Gasteiger charge is 2.31. The smallest absolute Gasteiger partial charge is 0.266 e. The molecule has 0 radical (unpaired) electrons. The first kappa shape index (κ1) is 24.1. The van der Waals surface area contributed by atoms with Gasteiger partial charge in [-0.1, -0.05) is 60.4 Å². The summed E-state index contributed by atoms with van der Waals surface area (Å²) < 4.78 is 28.7. The van der Waals surface area contributed by atoms with E-state index < -0.39 is 10.0 Å². The summed E-state index contributed by atoms with van der Waals surface area (Å²) in [5.41, 5.74) is 2.67. The number of sulfonamides is 1. The molecule has 1 amide bonds. The number of hydrogen-bond acceptors (Lipinski definition) is 6. The van der Waals surface area contributed by atoms with E-state index in [-0.39, 0.29) is 10.8 Å². The monoisotopic (exact) mass is 510 g/mol. The van der Waals surface area contributed by atoms with E-state index in [1.807, 2.05) is 36.5 Å². The number of para-hydroxylation sites is 1. The molecule has 0 bridgehead atoms. The Bertz CT molecular complexity index is 1410. The van der Waals surface area contributed by atoms with Crippen LogP contribution in [0.3, 0.4) is 0 Å². The van der Waals surface area contributed by atoms with E-state index >= 15 is 0 Å². The van der Waals surface area contributed by atoms with E-state index in [0.29, 0.717) is 32.6 Å². The van der Waals surface area contributed by atoms with E-state index in [1.54, 1.807) is 41.1 Å². The van der Waals surface area contributed by atoms with Crippen molar-refractivity contribution in [3.63, 3.8) is 0 Å². The molecule has 1 aliphatic rings. The number of carbonyl (C=O) groups is 1. The third kappa shape index (κ3) is 4.62. The summed E-state index contributed by atoms with van der Waals surface area (Å²) in [4.78, 5) is 15.0. The maximum atomic E-state index is 12.9. The molecule has 0 saturated carbocycles. The van der Waals surface area contributed by atoms with Crippen molar-refractivity contribution < 1.29 is 13.2 Å². The maximum absolute atomic E-state index is 12.9. The molecule has 4 rings (SSSR count). The predicted octanol–water partition coefficient (Wildman–Crippen LogP) is 4.18. The van der Waals surface area contributed by atoms with E-state index in [1.165, 1.54) is 35.1 Å². The summed E-state index contributed by atoms with van der Waals surface area (Å²) in [7, 11) is -0.648. The Hall–Kier alpha value is -3.05. The summed E-state index contributed by atoms with van der Waals surface area (Å²) in [6.45, 7) is 4.02. The Morgan fingerprint density at radius 1 is 1.15 bits per heavy atom. The zero-order valence-corrected chi connectivity index (χ0v) is 21.0. The molecule has 1 aliphatic heterocycles. The molecule has 0 spiro atoms. The number of thiocarbonyl (C=S) groups is 1. The topological polar surface area (TPSA) is 75.5 Å². The average molecular weight is 511 g/mol. The molecule has 2 aromatic carbocycles. The molecule has 174 valence electrons. The minimum atomic E-state index is -3.63. The second-order valence-electron chi connectivity index (χ2n) is 7.61. The lowest BCUT2D eigenvalue weighted by molar-refractivity contribution is -0.121. The van der Waals surface area contributed by atoms with Crippen molar-refractivity contribution >= 4 is 50.3 Å². The fourth-order valence-corrected chi connectivity index (χ4v) is 5.59. The van der Waals surface area contributed by atoms with Gasteiger partial charge in [-0.05, 0) is 30.3 Å². The van der Waals surface area contributed by atoms with Gasteiger partial charge in [0, 0.05) is 38.0 Å². The van der Waals surface area contributed by atoms with Gasteiger partial charge in [-0.3, -0.25) is 9.69 Å². The second-order valence-corrected chi connectivity index (χ2v) is 11.4. The molecule has 0 unspecified atom stereocenters. The molecule has 0 N–H and O–H groups in total. The maximum Gasteiger partial charge on any atom is 0.266 e. The molecule has 0 aliphatic carbocycles. The quantitative estimate of drug-likeness (QED) is 0.270. The van der Waals surface area contributed by atoms with Crippen molar-refractivity contribution in [1.82, 2.24) is 19.0 Å². The van der Waals surface area contributed by atoms with E-state index in [0.717, 1.165) is 5.69 Å². The van der Waals surface area contributed by atoms with Crippen LogP contribution in [0.5, 0.6) is 0 Å². The molecule has 0 atom stereocenters. The highest BCUT2D eigenvalue weighted by Crippen LogP contribution is 2.35. The minimum absolute atomic E-state index is 0.160. The van der Waals surface area contributed by atoms with Gasteiger partial charge in [-0.2, -0.15) is 5.10 Å². The number of aromatic nitrogens is 2. The first-order chi connectivity index (χ1) is 16.2.